The third-order valence-electron chi connectivity index (χ3n) is 3.02. The number of hydrogen-bond acceptors (Lipinski definition) is 3. The highest BCUT2D eigenvalue weighted by atomic mass is 79.9. The number of pyridine rings is 1. The first kappa shape index (κ1) is 12.8. The summed E-state index contributed by atoms with van der Waals surface area (Å²) in [5.74, 6) is 0.431. The summed E-state index contributed by atoms with van der Waals surface area (Å²) in [6.45, 7) is 1.84. The van der Waals surface area contributed by atoms with Crippen molar-refractivity contribution in [3.63, 3.8) is 0 Å². The van der Waals surface area contributed by atoms with Crippen LogP contribution in [0.25, 0.3) is 0 Å². The summed E-state index contributed by atoms with van der Waals surface area (Å²) in [7, 11) is -3.28. The molecular formula is C11H15BrN2O2S. The van der Waals surface area contributed by atoms with Crippen molar-refractivity contribution in [3.8, 4) is 0 Å². The quantitative estimate of drug-likeness (QED) is 0.932. The van der Waals surface area contributed by atoms with Gasteiger partial charge in [-0.05, 0) is 47.3 Å². The second-order valence-electron chi connectivity index (χ2n) is 4.37. The van der Waals surface area contributed by atoms with Crippen molar-refractivity contribution in [2.75, 3.05) is 4.72 Å². The minimum atomic E-state index is -3.28. The molecule has 1 heterocycles. The van der Waals surface area contributed by atoms with Gasteiger partial charge in [0.25, 0.3) is 0 Å². The average molecular weight is 319 g/mol. The number of nitrogens with one attached hydrogen (secondary N) is 1. The van der Waals surface area contributed by atoms with Gasteiger partial charge in [0, 0.05) is 10.7 Å². The smallest absolute Gasteiger partial charge is 0.236 e. The van der Waals surface area contributed by atoms with E-state index in [2.05, 4.69) is 25.6 Å². The number of aryl methyl sites for hydroxylation is 1. The van der Waals surface area contributed by atoms with Crippen LogP contribution in [0.2, 0.25) is 0 Å². The molecule has 6 heteroatoms. The van der Waals surface area contributed by atoms with Crippen molar-refractivity contribution < 1.29 is 8.42 Å². The molecule has 2 rings (SSSR count). The summed E-state index contributed by atoms with van der Waals surface area (Å²) in [6, 6.07) is 1.85. The van der Waals surface area contributed by atoms with Gasteiger partial charge in [-0.3, -0.25) is 4.72 Å². The lowest BCUT2D eigenvalue weighted by atomic mass is 10.3. The van der Waals surface area contributed by atoms with E-state index in [-0.39, 0.29) is 5.25 Å². The van der Waals surface area contributed by atoms with Crippen molar-refractivity contribution >= 4 is 31.8 Å². The van der Waals surface area contributed by atoms with Crippen LogP contribution in [-0.4, -0.2) is 18.7 Å². The van der Waals surface area contributed by atoms with Gasteiger partial charge in [-0.2, -0.15) is 0 Å². The van der Waals surface area contributed by atoms with E-state index in [1.165, 1.54) is 0 Å². The molecule has 1 saturated carbocycles. The minimum Gasteiger partial charge on any atom is -0.267 e. The Morgan fingerprint density at radius 1 is 1.41 bits per heavy atom. The number of anilines is 1. The third kappa shape index (κ3) is 2.98. The second-order valence-corrected chi connectivity index (χ2v) is 7.25. The molecule has 0 radical (unpaired) electrons. The minimum absolute atomic E-state index is 0.257. The fourth-order valence-electron chi connectivity index (χ4n) is 2.06. The van der Waals surface area contributed by atoms with Gasteiger partial charge < -0.3 is 0 Å². The van der Waals surface area contributed by atoms with Crippen molar-refractivity contribution in [2.24, 2.45) is 0 Å². The van der Waals surface area contributed by atoms with Crippen LogP contribution in [0.1, 0.15) is 31.2 Å². The molecule has 0 atom stereocenters. The maximum Gasteiger partial charge on any atom is 0.236 e. The molecule has 0 saturated heterocycles. The summed E-state index contributed by atoms with van der Waals surface area (Å²) in [5, 5.41) is -0.257. The Morgan fingerprint density at radius 2 is 2.06 bits per heavy atom. The van der Waals surface area contributed by atoms with Gasteiger partial charge in [-0.25, -0.2) is 13.4 Å². The SMILES string of the molecule is Cc1cc(Br)cnc1NS(=O)(=O)C1CCCC1. The number of nitrogens with zero attached hydrogens (tertiary/aromatic N) is 1. The van der Waals surface area contributed by atoms with Gasteiger partial charge in [0.2, 0.25) is 10.0 Å². The molecule has 0 aliphatic heterocycles. The molecule has 1 aliphatic rings. The van der Waals surface area contributed by atoms with E-state index in [0.717, 1.165) is 35.7 Å². The van der Waals surface area contributed by atoms with Crippen LogP contribution in [0.5, 0.6) is 0 Å². The van der Waals surface area contributed by atoms with Crippen molar-refractivity contribution in [1.82, 2.24) is 4.98 Å². The Bertz CT molecular complexity index is 510. The highest BCUT2D eigenvalue weighted by Gasteiger charge is 2.29. The van der Waals surface area contributed by atoms with Crippen LogP contribution in [0.4, 0.5) is 5.82 Å². The predicted octanol–water partition coefficient (Wildman–Crippen LogP) is 2.84. The van der Waals surface area contributed by atoms with Gasteiger partial charge in [0.15, 0.2) is 0 Å². The Kier molecular flexibility index (Phi) is 3.73. The largest absolute Gasteiger partial charge is 0.267 e. The van der Waals surface area contributed by atoms with Crippen LogP contribution in [0, 0.1) is 6.92 Å². The highest BCUT2D eigenvalue weighted by Crippen LogP contribution is 2.26. The van der Waals surface area contributed by atoms with Gasteiger partial charge in [0.1, 0.15) is 5.82 Å². The van der Waals surface area contributed by atoms with E-state index in [9.17, 15) is 8.42 Å². The van der Waals surface area contributed by atoms with Crippen molar-refractivity contribution in [3.05, 3.63) is 22.3 Å². The van der Waals surface area contributed by atoms with Crippen LogP contribution >= 0.6 is 15.9 Å². The van der Waals surface area contributed by atoms with Gasteiger partial charge in [-0.1, -0.05) is 12.8 Å². The van der Waals surface area contributed by atoms with Crippen LogP contribution in [-0.2, 0) is 10.0 Å². The zero-order valence-corrected chi connectivity index (χ0v) is 12.0. The Morgan fingerprint density at radius 3 is 2.65 bits per heavy atom. The molecule has 1 aliphatic carbocycles. The maximum atomic E-state index is 12.1. The zero-order valence-electron chi connectivity index (χ0n) is 9.61. The molecule has 4 nitrogen and oxygen atoms in total. The summed E-state index contributed by atoms with van der Waals surface area (Å²) >= 11 is 3.30. The topological polar surface area (TPSA) is 59.1 Å². The summed E-state index contributed by atoms with van der Waals surface area (Å²) in [5.41, 5.74) is 0.820. The molecule has 1 aromatic heterocycles. The van der Waals surface area contributed by atoms with Gasteiger partial charge in [0.05, 0.1) is 5.25 Å². The molecule has 94 valence electrons. The molecule has 1 fully saturated rings. The van der Waals surface area contributed by atoms with Gasteiger partial charge in [-0.15, -0.1) is 0 Å². The number of aromatic nitrogens is 1. The standard InChI is InChI=1S/C11H15BrN2O2S/c1-8-6-9(12)7-13-11(8)14-17(15,16)10-4-2-3-5-10/h6-7,10H,2-5H2,1H3,(H,13,14). The lowest BCUT2D eigenvalue weighted by Gasteiger charge is -2.14. The normalized spacial score (nSPS) is 17.3. The third-order valence-corrected chi connectivity index (χ3v) is 5.29. The van der Waals surface area contributed by atoms with E-state index in [0.29, 0.717) is 5.82 Å². The number of halogens is 1. The molecule has 0 bridgehead atoms. The summed E-state index contributed by atoms with van der Waals surface area (Å²) in [6.07, 6.45) is 5.10. The molecule has 17 heavy (non-hydrogen) atoms. The van der Waals surface area contributed by atoms with Gasteiger partial charge >= 0.3 is 0 Å². The van der Waals surface area contributed by atoms with Crippen molar-refractivity contribution in [2.45, 2.75) is 37.9 Å². The number of hydrogen-bond donors (Lipinski definition) is 1. The maximum absolute atomic E-state index is 12.1. The first-order valence-electron chi connectivity index (χ1n) is 5.63. The van der Waals surface area contributed by atoms with E-state index in [4.69, 9.17) is 0 Å². The van der Waals surface area contributed by atoms with Crippen molar-refractivity contribution in [1.29, 1.82) is 0 Å². The second kappa shape index (κ2) is 4.94. The number of sulfonamides is 1. The summed E-state index contributed by atoms with van der Waals surface area (Å²) in [4.78, 5) is 4.10. The Balaban J connectivity index is 2.19. The Hall–Kier alpha value is -0.620. The molecule has 0 unspecified atom stereocenters. The summed E-state index contributed by atoms with van der Waals surface area (Å²) < 4.78 is 27.6. The first-order valence-corrected chi connectivity index (χ1v) is 7.97. The highest BCUT2D eigenvalue weighted by molar-refractivity contribution is 9.10. The Labute approximate surface area is 110 Å². The monoisotopic (exact) mass is 318 g/mol. The van der Waals surface area contributed by atoms with E-state index < -0.39 is 10.0 Å². The molecule has 1 aromatic rings. The number of rotatable bonds is 3. The first-order chi connectivity index (χ1) is 7.99. The molecule has 1 N–H and O–H groups in total. The average Bonchev–Trinajstić information content (AvgIpc) is 2.76. The van der Waals surface area contributed by atoms with Crippen LogP contribution in [0.3, 0.4) is 0 Å². The predicted molar refractivity (Wildman–Crippen MR) is 71.5 cm³/mol. The fourth-order valence-corrected chi connectivity index (χ4v) is 4.11. The van der Waals surface area contributed by atoms with Crippen LogP contribution in [0.15, 0.2) is 16.7 Å². The molecule has 0 aromatic carbocycles. The molecule has 0 amide bonds. The van der Waals surface area contributed by atoms with E-state index in [1.807, 2.05) is 13.0 Å². The van der Waals surface area contributed by atoms with E-state index in [1.54, 1.807) is 6.20 Å². The molecule has 0 spiro atoms. The lowest BCUT2D eigenvalue weighted by Crippen LogP contribution is -2.26. The fraction of sp³-hybridized carbons (Fsp3) is 0.545. The lowest BCUT2D eigenvalue weighted by molar-refractivity contribution is 0.585. The van der Waals surface area contributed by atoms with E-state index >= 15 is 0 Å². The van der Waals surface area contributed by atoms with Crippen LogP contribution < -0.4 is 4.72 Å². The zero-order chi connectivity index (χ0) is 12.5. The molecular weight excluding hydrogens is 304 g/mol.